The van der Waals surface area contributed by atoms with Gasteiger partial charge in [-0.3, -0.25) is 9.78 Å². The van der Waals surface area contributed by atoms with E-state index in [4.69, 9.17) is 22.3 Å². The van der Waals surface area contributed by atoms with Crippen LogP contribution in [0.3, 0.4) is 0 Å². The van der Waals surface area contributed by atoms with Crippen molar-refractivity contribution < 1.29 is 9.90 Å². The van der Waals surface area contributed by atoms with E-state index in [1.807, 2.05) is 36.4 Å². The summed E-state index contributed by atoms with van der Waals surface area (Å²) in [5.41, 5.74) is 11.3. The number of carboxylic acid groups (broad SMARTS) is 1. The van der Waals surface area contributed by atoms with Crippen LogP contribution in [-0.2, 0) is 4.79 Å². The number of aromatic nitrogens is 4. The Labute approximate surface area is 203 Å². The number of anilines is 1. The number of aliphatic carboxylic acids is 1. The molecule has 1 aromatic carbocycles. The van der Waals surface area contributed by atoms with E-state index in [1.54, 1.807) is 16.9 Å². The van der Waals surface area contributed by atoms with Crippen molar-refractivity contribution in [1.29, 1.82) is 0 Å². The van der Waals surface area contributed by atoms with Crippen molar-refractivity contribution in [2.75, 3.05) is 5.73 Å². The van der Waals surface area contributed by atoms with Crippen LogP contribution in [-0.4, -0.2) is 30.7 Å². The molecule has 7 nitrogen and oxygen atoms in total. The molecule has 0 bridgehead atoms. The van der Waals surface area contributed by atoms with E-state index in [9.17, 15) is 9.90 Å². The van der Waals surface area contributed by atoms with Gasteiger partial charge < -0.3 is 10.8 Å². The number of carboxylic acids is 1. The van der Waals surface area contributed by atoms with Gasteiger partial charge in [0.05, 0.1) is 28.0 Å². The summed E-state index contributed by atoms with van der Waals surface area (Å²) in [7, 11) is 0. The maximum absolute atomic E-state index is 11.3. The van der Waals surface area contributed by atoms with E-state index in [0.29, 0.717) is 29.3 Å². The summed E-state index contributed by atoms with van der Waals surface area (Å²) in [6.45, 7) is 0. The number of nitrogens with two attached hydrogens (primary N) is 1. The second-order valence-electron chi connectivity index (χ2n) is 8.29. The Morgan fingerprint density at radius 1 is 1.09 bits per heavy atom. The third-order valence-electron chi connectivity index (χ3n) is 6.34. The largest absolute Gasteiger partial charge is 0.481 e. The molecular formula is C24H21BrClN5O2. The van der Waals surface area contributed by atoms with Gasteiger partial charge in [-0.05, 0) is 53.7 Å². The van der Waals surface area contributed by atoms with Crippen LogP contribution >= 0.6 is 27.5 Å². The van der Waals surface area contributed by atoms with Crippen molar-refractivity contribution in [2.24, 2.45) is 5.92 Å². The minimum absolute atomic E-state index is 0.144. The van der Waals surface area contributed by atoms with Crippen LogP contribution in [0.1, 0.15) is 37.3 Å². The van der Waals surface area contributed by atoms with Gasteiger partial charge in [0.25, 0.3) is 0 Å². The van der Waals surface area contributed by atoms with Crippen LogP contribution in [0.4, 0.5) is 5.82 Å². The molecule has 3 N–H and O–H groups in total. The zero-order chi connectivity index (χ0) is 23.1. The van der Waals surface area contributed by atoms with Crippen molar-refractivity contribution in [1.82, 2.24) is 19.6 Å². The summed E-state index contributed by atoms with van der Waals surface area (Å²) >= 11 is 9.91. The number of nitrogens with zero attached hydrogens (tertiary/aromatic N) is 4. The first-order chi connectivity index (χ1) is 15.9. The molecular weight excluding hydrogens is 506 g/mol. The first-order valence-electron chi connectivity index (χ1n) is 10.7. The van der Waals surface area contributed by atoms with E-state index in [1.165, 1.54) is 0 Å². The third-order valence-corrected chi connectivity index (χ3v) is 7.48. The number of nitrogen functional groups attached to an aromatic ring is 1. The highest BCUT2D eigenvalue weighted by Crippen LogP contribution is 2.40. The molecule has 5 rings (SSSR count). The fourth-order valence-electron chi connectivity index (χ4n) is 4.48. The second-order valence-corrected chi connectivity index (χ2v) is 9.49. The molecule has 0 amide bonds. The molecule has 0 radical (unpaired) electrons. The lowest BCUT2D eigenvalue weighted by molar-refractivity contribution is -0.142. The molecule has 0 aliphatic heterocycles. The smallest absolute Gasteiger partial charge is 0.306 e. The predicted octanol–water partition coefficient (Wildman–Crippen LogP) is 5.81. The zero-order valence-electron chi connectivity index (χ0n) is 17.6. The number of hydrogen-bond acceptors (Lipinski definition) is 5. The van der Waals surface area contributed by atoms with Gasteiger partial charge in [0, 0.05) is 33.8 Å². The van der Waals surface area contributed by atoms with Gasteiger partial charge >= 0.3 is 5.97 Å². The van der Waals surface area contributed by atoms with Crippen LogP contribution in [0.25, 0.3) is 28.0 Å². The van der Waals surface area contributed by atoms with E-state index < -0.39 is 5.97 Å². The summed E-state index contributed by atoms with van der Waals surface area (Å²) in [5.74, 6) is -0.386. The molecule has 1 saturated carbocycles. The molecule has 33 heavy (non-hydrogen) atoms. The number of fused-ring (bicyclic) bond motifs is 1. The Morgan fingerprint density at radius 2 is 1.85 bits per heavy atom. The van der Waals surface area contributed by atoms with Crippen molar-refractivity contribution in [3.63, 3.8) is 0 Å². The maximum Gasteiger partial charge on any atom is 0.306 e. The first-order valence-corrected chi connectivity index (χ1v) is 11.9. The zero-order valence-corrected chi connectivity index (χ0v) is 19.9. The first kappa shape index (κ1) is 21.9. The lowest BCUT2D eigenvalue weighted by Crippen LogP contribution is -2.21. The van der Waals surface area contributed by atoms with Crippen molar-refractivity contribution in [3.8, 4) is 22.4 Å². The highest BCUT2D eigenvalue weighted by molar-refractivity contribution is 9.10. The van der Waals surface area contributed by atoms with E-state index in [2.05, 4.69) is 26.0 Å². The van der Waals surface area contributed by atoms with Crippen LogP contribution in [0.15, 0.2) is 53.3 Å². The SMILES string of the molecule is Nc1c(Br)c([C@H]2CC[C@@H](C(=O)O)CC2)nc2c(-c3ccc(-c4ccccc4Cl)nc3)cnn12. The normalized spacial score (nSPS) is 18.5. The molecule has 0 saturated heterocycles. The highest BCUT2D eigenvalue weighted by atomic mass is 79.9. The van der Waals surface area contributed by atoms with Crippen LogP contribution in [0, 0.1) is 5.92 Å². The second kappa shape index (κ2) is 8.76. The monoisotopic (exact) mass is 525 g/mol. The van der Waals surface area contributed by atoms with E-state index in [0.717, 1.165) is 45.4 Å². The van der Waals surface area contributed by atoms with Gasteiger partial charge in [0.2, 0.25) is 0 Å². The van der Waals surface area contributed by atoms with Gasteiger partial charge in [-0.1, -0.05) is 35.9 Å². The van der Waals surface area contributed by atoms with Crippen molar-refractivity contribution >= 4 is 45.0 Å². The number of hydrogen-bond donors (Lipinski definition) is 2. The quantitative estimate of drug-likeness (QED) is 0.347. The minimum Gasteiger partial charge on any atom is -0.481 e. The lowest BCUT2D eigenvalue weighted by Gasteiger charge is -2.26. The van der Waals surface area contributed by atoms with Crippen molar-refractivity contribution in [3.05, 3.63) is 64.0 Å². The average molecular weight is 527 g/mol. The third kappa shape index (κ3) is 3.98. The maximum atomic E-state index is 11.3. The van der Waals surface area contributed by atoms with Gasteiger partial charge in [0.1, 0.15) is 5.82 Å². The molecule has 1 aliphatic carbocycles. The topological polar surface area (TPSA) is 106 Å². The summed E-state index contributed by atoms with van der Waals surface area (Å²) < 4.78 is 2.34. The number of carbonyl (C=O) groups is 1. The van der Waals surface area contributed by atoms with Crippen molar-refractivity contribution in [2.45, 2.75) is 31.6 Å². The fraction of sp³-hybridized carbons (Fsp3) is 0.250. The van der Waals surface area contributed by atoms with Gasteiger partial charge in [0.15, 0.2) is 5.65 Å². The highest BCUT2D eigenvalue weighted by Gasteiger charge is 2.30. The number of benzene rings is 1. The molecule has 1 aliphatic rings. The van der Waals surface area contributed by atoms with E-state index >= 15 is 0 Å². The fourth-order valence-corrected chi connectivity index (χ4v) is 5.30. The van der Waals surface area contributed by atoms with Gasteiger partial charge in [-0.2, -0.15) is 9.61 Å². The Kier molecular flexibility index (Phi) is 5.80. The average Bonchev–Trinajstić information content (AvgIpc) is 3.26. The molecule has 1 fully saturated rings. The molecule has 9 heteroatoms. The predicted molar refractivity (Wildman–Crippen MR) is 131 cm³/mol. The van der Waals surface area contributed by atoms with Crippen LogP contribution in [0.2, 0.25) is 5.02 Å². The molecule has 0 atom stereocenters. The number of halogens is 2. The molecule has 3 heterocycles. The lowest BCUT2D eigenvalue weighted by atomic mass is 9.80. The Bertz CT molecular complexity index is 1350. The van der Waals surface area contributed by atoms with Gasteiger partial charge in [-0.15, -0.1) is 0 Å². The standard InChI is InChI=1S/C24H21BrClN5O2/c25-20-21(13-5-7-14(8-6-13)24(32)33)30-23-17(12-29-31(23)22(20)27)15-9-10-19(28-11-15)16-3-1-2-4-18(16)26/h1-4,9-14H,5-8,27H2,(H,32,33)/t13-,14+. The Morgan fingerprint density at radius 3 is 2.52 bits per heavy atom. The molecule has 168 valence electrons. The van der Waals surface area contributed by atoms with E-state index in [-0.39, 0.29) is 11.8 Å². The summed E-state index contributed by atoms with van der Waals surface area (Å²) in [5, 5.41) is 14.4. The number of rotatable bonds is 4. The minimum atomic E-state index is -0.721. The Balaban J connectivity index is 1.51. The Hall–Kier alpha value is -2.97. The van der Waals surface area contributed by atoms with Crippen LogP contribution < -0.4 is 5.73 Å². The molecule has 3 aromatic heterocycles. The summed E-state index contributed by atoms with van der Waals surface area (Å²) in [6.07, 6.45) is 6.32. The van der Waals surface area contributed by atoms with Crippen LogP contribution in [0.5, 0.6) is 0 Å². The van der Waals surface area contributed by atoms with Gasteiger partial charge in [-0.25, -0.2) is 4.98 Å². The molecule has 4 aromatic rings. The number of pyridine rings is 1. The molecule has 0 spiro atoms. The summed E-state index contributed by atoms with van der Waals surface area (Å²) in [4.78, 5) is 20.9. The summed E-state index contributed by atoms with van der Waals surface area (Å²) in [6, 6.07) is 11.5. The molecule has 0 unspecified atom stereocenters.